The summed E-state index contributed by atoms with van der Waals surface area (Å²) >= 11 is 6.73. The summed E-state index contributed by atoms with van der Waals surface area (Å²) in [5.74, 6) is 2.31. The van der Waals surface area contributed by atoms with Gasteiger partial charge in [-0.2, -0.15) is 0 Å². The summed E-state index contributed by atoms with van der Waals surface area (Å²) in [5.41, 5.74) is 0.695. The Morgan fingerprint density at radius 3 is 3.07 bits per heavy atom. The number of hydrogen-bond donors (Lipinski definition) is 1. The summed E-state index contributed by atoms with van der Waals surface area (Å²) in [6.07, 6.45) is 5.08. The molecule has 14 heavy (non-hydrogen) atoms. The Morgan fingerprint density at radius 2 is 2.50 bits per heavy atom. The molecule has 1 N–H and O–H groups in total. The Morgan fingerprint density at radius 1 is 1.79 bits per heavy atom. The minimum absolute atomic E-state index is 0.0163. The zero-order valence-corrected chi connectivity index (χ0v) is 9.21. The summed E-state index contributed by atoms with van der Waals surface area (Å²) in [6.45, 7) is 2.18. The van der Waals surface area contributed by atoms with Crippen LogP contribution in [0.3, 0.4) is 0 Å². The molecule has 0 aliphatic rings. The normalized spacial score (nSPS) is 9.50. The summed E-state index contributed by atoms with van der Waals surface area (Å²) in [5, 5.41) is 3.57. The van der Waals surface area contributed by atoms with Crippen molar-refractivity contribution in [3.63, 3.8) is 0 Å². The summed E-state index contributed by atoms with van der Waals surface area (Å²) in [7, 11) is 0. The summed E-state index contributed by atoms with van der Waals surface area (Å²) < 4.78 is 0. The predicted octanol–water partition coefficient (Wildman–Crippen LogP) is 1.92. The number of halogens is 1. The van der Waals surface area contributed by atoms with Crippen molar-refractivity contribution in [2.24, 2.45) is 0 Å². The number of anilines is 1. The van der Waals surface area contributed by atoms with E-state index >= 15 is 0 Å². The molecule has 0 saturated heterocycles. The number of alkyl halides is 1. The molecule has 0 spiro atoms. The van der Waals surface area contributed by atoms with Crippen LogP contribution < -0.4 is 5.32 Å². The van der Waals surface area contributed by atoms with Gasteiger partial charge in [-0.1, -0.05) is 17.3 Å². The monoisotopic (exact) mass is 228 g/mol. The minimum Gasteiger partial charge on any atom is -0.351 e. The van der Waals surface area contributed by atoms with Gasteiger partial charge in [-0.15, -0.1) is 18.0 Å². The van der Waals surface area contributed by atoms with Gasteiger partial charge < -0.3 is 5.32 Å². The van der Waals surface area contributed by atoms with Gasteiger partial charge >= 0.3 is 0 Å². The highest BCUT2D eigenvalue weighted by molar-refractivity contribution is 7.17. The quantitative estimate of drug-likeness (QED) is 0.486. The van der Waals surface area contributed by atoms with E-state index in [1.54, 1.807) is 6.92 Å². The lowest BCUT2D eigenvalue weighted by Gasteiger charge is -1.92. The van der Waals surface area contributed by atoms with E-state index in [9.17, 15) is 4.79 Å². The van der Waals surface area contributed by atoms with Gasteiger partial charge in [-0.05, 0) is 6.92 Å². The van der Waals surface area contributed by atoms with E-state index in [-0.39, 0.29) is 11.7 Å². The smallest absolute Gasteiger partial charge is 0.189 e. The Labute approximate surface area is 91.5 Å². The number of rotatable bonds is 4. The fourth-order valence-electron chi connectivity index (χ4n) is 0.918. The first kappa shape index (κ1) is 11.0. The van der Waals surface area contributed by atoms with Gasteiger partial charge in [-0.3, -0.25) is 4.79 Å². The van der Waals surface area contributed by atoms with Crippen LogP contribution in [0.1, 0.15) is 15.4 Å². The van der Waals surface area contributed by atoms with Gasteiger partial charge in [0.05, 0.1) is 23.0 Å². The number of nitrogens with zero attached hydrogens (tertiary/aromatic N) is 1. The predicted molar refractivity (Wildman–Crippen MR) is 59.2 cm³/mol. The van der Waals surface area contributed by atoms with Crippen LogP contribution in [0.2, 0.25) is 0 Å². The van der Waals surface area contributed by atoms with E-state index in [2.05, 4.69) is 16.2 Å². The van der Waals surface area contributed by atoms with Gasteiger partial charge in [0.25, 0.3) is 0 Å². The largest absolute Gasteiger partial charge is 0.351 e. The van der Waals surface area contributed by atoms with E-state index < -0.39 is 0 Å². The van der Waals surface area contributed by atoms with E-state index in [1.165, 1.54) is 11.3 Å². The summed E-state index contributed by atoms with van der Waals surface area (Å²) in [4.78, 5) is 16.0. The second-order valence-electron chi connectivity index (χ2n) is 2.55. The lowest BCUT2D eigenvalue weighted by atomic mass is 10.3. The first-order valence-electron chi connectivity index (χ1n) is 3.93. The number of hydrogen-bond acceptors (Lipinski definition) is 4. The van der Waals surface area contributed by atoms with Crippen molar-refractivity contribution < 1.29 is 4.79 Å². The average Bonchev–Trinajstić information content (AvgIpc) is 2.55. The Kier molecular flexibility index (Phi) is 3.93. The fraction of sp³-hybridized carbons (Fsp3) is 0.333. The molecule has 0 unspecified atom stereocenters. The molecule has 0 saturated carbocycles. The molecule has 0 aromatic carbocycles. The first-order valence-corrected chi connectivity index (χ1v) is 5.28. The zero-order valence-electron chi connectivity index (χ0n) is 7.63. The second-order valence-corrected chi connectivity index (χ2v) is 3.81. The second kappa shape index (κ2) is 4.99. The molecule has 1 aromatic heterocycles. The molecule has 1 aromatic rings. The Bertz CT molecular complexity index is 381. The molecule has 0 aliphatic heterocycles. The number of ketones is 1. The van der Waals surface area contributed by atoms with Crippen molar-refractivity contribution in [1.29, 1.82) is 0 Å². The van der Waals surface area contributed by atoms with Crippen LogP contribution >= 0.6 is 22.9 Å². The third-order valence-electron chi connectivity index (χ3n) is 1.51. The highest BCUT2D eigenvalue weighted by Gasteiger charge is 2.13. The molecule has 74 valence electrons. The molecule has 0 atom stereocenters. The van der Waals surface area contributed by atoms with Crippen molar-refractivity contribution >= 4 is 33.9 Å². The number of carbonyl (C=O) groups is 1. The van der Waals surface area contributed by atoms with Crippen LogP contribution in [0.5, 0.6) is 0 Å². The minimum atomic E-state index is -0.101. The summed E-state index contributed by atoms with van der Waals surface area (Å²) in [6, 6.07) is 0. The van der Waals surface area contributed by atoms with Crippen LogP contribution in [-0.2, 0) is 0 Å². The third-order valence-corrected chi connectivity index (χ3v) is 2.91. The van der Waals surface area contributed by atoms with Gasteiger partial charge in [0.2, 0.25) is 0 Å². The number of aromatic nitrogens is 1. The van der Waals surface area contributed by atoms with E-state index in [0.717, 1.165) is 0 Å². The van der Waals surface area contributed by atoms with Crippen LogP contribution in [0.15, 0.2) is 0 Å². The highest BCUT2D eigenvalue weighted by atomic mass is 35.5. The first-order chi connectivity index (χ1) is 6.69. The molecule has 1 heterocycles. The average molecular weight is 229 g/mol. The molecule has 1 rings (SSSR count). The Hall–Kier alpha value is -1.05. The molecule has 3 nitrogen and oxygen atoms in total. The number of aryl methyl sites for hydroxylation is 1. The zero-order chi connectivity index (χ0) is 10.6. The van der Waals surface area contributed by atoms with Gasteiger partial charge in [0.1, 0.15) is 0 Å². The van der Waals surface area contributed by atoms with Crippen LogP contribution in [0.25, 0.3) is 0 Å². The molecule has 0 aliphatic carbocycles. The van der Waals surface area contributed by atoms with E-state index in [4.69, 9.17) is 18.0 Å². The lowest BCUT2D eigenvalue weighted by molar-refractivity contribution is 0.102. The Balaban J connectivity index is 2.83. The molecule has 0 amide bonds. The van der Waals surface area contributed by atoms with E-state index in [1.807, 2.05) is 0 Å². The third kappa shape index (κ3) is 2.47. The number of carbonyl (C=O) groups excluding carboxylic acids is 1. The maximum atomic E-state index is 11.3. The maximum absolute atomic E-state index is 11.3. The molecular formula is C9H9ClN2OS. The van der Waals surface area contributed by atoms with Crippen LogP contribution in [0, 0.1) is 19.3 Å². The van der Waals surface area contributed by atoms with Gasteiger partial charge in [0, 0.05) is 0 Å². The topological polar surface area (TPSA) is 42.0 Å². The van der Waals surface area contributed by atoms with Crippen molar-refractivity contribution in [3.8, 4) is 12.3 Å². The fourth-order valence-corrected chi connectivity index (χ4v) is 2.03. The number of nitrogens with one attached hydrogen (secondary N) is 1. The van der Waals surface area contributed by atoms with E-state index in [0.29, 0.717) is 22.2 Å². The van der Waals surface area contributed by atoms with Crippen molar-refractivity contribution in [2.45, 2.75) is 6.92 Å². The molecular weight excluding hydrogens is 220 g/mol. The van der Waals surface area contributed by atoms with Gasteiger partial charge in [-0.25, -0.2) is 4.98 Å². The highest BCUT2D eigenvalue weighted by Crippen LogP contribution is 2.22. The maximum Gasteiger partial charge on any atom is 0.189 e. The SMILES string of the molecule is C#CCNc1nc(C)c(C(=O)CCl)s1. The van der Waals surface area contributed by atoms with Gasteiger partial charge in [0.15, 0.2) is 10.9 Å². The van der Waals surface area contributed by atoms with Crippen molar-refractivity contribution in [3.05, 3.63) is 10.6 Å². The molecule has 5 heteroatoms. The number of terminal acetylenes is 1. The number of Topliss-reactive ketones (excluding diaryl/α,β-unsaturated/α-hetero) is 1. The molecule has 0 radical (unpaired) electrons. The van der Waals surface area contributed by atoms with Crippen molar-refractivity contribution in [1.82, 2.24) is 4.98 Å². The van der Waals surface area contributed by atoms with Crippen molar-refractivity contribution in [2.75, 3.05) is 17.7 Å². The standard InChI is InChI=1S/C9H9ClN2OS/c1-3-4-11-9-12-6(2)8(14-9)7(13)5-10/h1H,4-5H2,2H3,(H,11,12). The molecule has 0 fully saturated rings. The molecule has 0 bridgehead atoms. The van der Waals surface area contributed by atoms with Crippen LogP contribution in [-0.4, -0.2) is 23.2 Å². The van der Waals surface area contributed by atoms with Crippen LogP contribution in [0.4, 0.5) is 5.13 Å². The lowest BCUT2D eigenvalue weighted by Crippen LogP contribution is -1.98. The number of thiazole rings is 1.